The first-order valence-electron chi connectivity index (χ1n) is 10.0. The molecule has 0 unspecified atom stereocenters. The summed E-state index contributed by atoms with van der Waals surface area (Å²) in [5.74, 6) is 0.0336. The van der Waals surface area contributed by atoms with Gasteiger partial charge in [-0.25, -0.2) is 4.98 Å². The van der Waals surface area contributed by atoms with E-state index in [1.165, 1.54) is 36.9 Å². The Bertz CT molecular complexity index is 775. The Morgan fingerprint density at radius 2 is 1.85 bits per heavy atom. The van der Waals surface area contributed by atoms with E-state index in [9.17, 15) is 4.79 Å². The SMILES string of the molecule is Cc1cccc(N2CCN(C(=O)c3ccc(NC4CCCC4)cn3)CC2)c1. The van der Waals surface area contributed by atoms with Crippen LogP contribution in [0.25, 0.3) is 0 Å². The van der Waals surface area contributed by atoms with Crippen molar-refractivity contribution in [3.05, 3.63) is 53.9 Å². The number of nitrogens with zero attached hydrogens (tertiary/aromatic N) is 3. The van der Waals surface area contributed by atoms with Crippen LogP contribution in [0.15, 0.2) is 42.6 Å². The van der Waals surface area contributed by atoms with E-state index in [2.05, 4.69) is 46.4 Å². The molecular formula is C22H28N4O. The summed E-state index contributed by atoms with van der Waals surface area (Å²) in [6, 6.07) is 12.9. The van der Waals surface area contributed by atoms with Crippen LogP contribution in [0.1, 0.15) is 41.7 Å². The average molecular weight is 364 g/mol. The lowest BCUT2D eigenvalue weighted by Gasteiger charge is -2.36. The van der Waals surface area contributed by atoms with Gasteiger partial charge in [-0.15, -0.1) is 0 Å². The van der Waals surface area contributed by atoms with Gasteiger partial charge < -0.3 is 15.1 Å². The largest absolute Gasteiger partial charge is 0.381 e. The minimum Gasteiger partial charge on any atom is -0.381 e. The molecule has 1 N–H and O–H groups in total. The van der Waals surface area contributed by atoms with Crippen molar-refractivity contribution >= 4 is 17.3 Å². The third-order valence-corrected chi connectivity index (χ3v) is 5.64. The number of nitrogens with one attached hydrogen (secondary N) is 1. The minimum atomic E-state index is 0.0336. The molecule has 0 bridgehead atoms. The molecule has 1 aliphatic carbocycles. The van der Waals surface area contributed by atoms with Crippen LogP contribution in [0.2, 0.25) is 0 Å². The fourth-order valence-corrected chi connectivity index (χ4v) is 4.07. The van der Waals surface area contributed by atoms with Crippen LogP contribution in [0, 0.1) is 6.92 Å². The molecular weight excluding hydrogens is 336 g/mol. The second-order valence-electron chi connectivity index (χ2n) is 7.68. The topological polar surface area (TPSA) is 48.5 Å². The standard InChI is InChI=1S/C22H28N4O/c1-17-5-4-8-20(15-17)25-11-13-26(14-12-25)22(27)21-10-9-19(16-23-21)24-18-6-2-3-7-18/h4-5,8-10,15-16,18,24H,2-3,6-7,11-14H2,1H3. The van der Waals surface area contributed by atoms with Gasteiger partial charge in [-0.05, 0) is 49.6 Å². The van der Waals surface area contributed by atoms with Crippen molar-refractivity contribution in [2.45, 2.75) is 38.6 Å². The number of hydrogen-bond donors (Lipinski definition) is 1. The molecule has 2 fully saturated rings. The fourth-order valence-electron chi connectivity index (χ4n) is 4.07. The molecule has 142 valence electrons. The normalized spacial score (nSPS) is 18.0. The van der Waals surface area contributed by atoms with Crippen molar-refractivity contribution in [2.24, 2.45) is 0 Å². The predicted molar refractivity (Wildman–Crippen MR) is 109 cm³/mol. The van der Waals surface area contributed by atoms with E-state index in [1.807, 2.05) is 17.0 Å². The number of benzene rings is 1. The Hall–Kier alpha value is -2.56. The van der Waals surface area contributed by atoms with E-state index in [0.717, 1.165) is 31.9 Å². The third kappa shape index (κ3) is 4.24. The van der Waals surface area contributed by atoms with Crippen LogP contribution in [-0.4, -0.2) is 48.0 Å². The summed E-state index contributed by atoms with van der Waals surface area (Å²) in [6.45, 7) is 5.29. The number of aromatic nitrogens is 1. The van der Waals surface area contributed by atoms with Gasteiger partial charge in [0.25, 0.3) is 5.91 Å². The van der Waals surface area contributed by atoms with Gasteiger partial charge in [0.15, 0.2) is 0 Å². The lowest BCUT2D eigenvalue weighted by molar-refractivity contribution is 0.0741. The quantitative estimate of drug-likeness (QED) is 0.899. The van der Waals surface area contributed by atoms with Gasteiger partial charge in [-0.1, -0.05) is 25.0 Å². The molecule has 5 heteroatoms. The number of amides is 1. The van der Waals surface area contributed by atoms with Gasteiger partial charge in [0.1, 0.15) is 5.69 Å². The van der Waals surface area contributed by atoms with Gasteiger partial charge in [0.05, 0.1) is 11.9 Å². The fraction of sp³-hybridized carbons (Fsp3) is 0.455. The number of hydrogen-bond acceptors (Lipinski definition) is 4. The molecule has 5 nitrogen and oxygen atoms in total. The van der Waals surface area contributed by atoms with Crippen LogP contribution < -0.4 is 10.2 Å². The van der Waals surface area contributed by atoms with E-state index in [1.54, 1.807) is 6.20 Å². The summed E-state index contributed by atoms with van der Waals surface area (Å²) in [6.07, 6.45) is 6.86. The van der Waals surface area contributed by atoms with Crippen molar-refractivity contribution < 1.29 is 4.79 Å². The van der Waals surface area contributed by atoms with Gasteiger partial charge >= 0.3 is 0 Å². The van der Waals surface area contributed by atoms with E-state index < -0.39 is 0 Å². The summed E-state index contributed by atoms with van der Waals surface area (Å²) >= 11 is 0. The van der Waals surface area contributed by atoms with Crippen LogP contribution in [-0.2, 0) is 0 Å². The molecule has 1 aliphatic heterocycles. The van der Waals surface area contributed by atoms with Crippen molar-refractivity contribution in [3.8, 4) is 0 Å². The van der Waals surface area contributed by atoms with E-state index in [4.69, 9.17) is 0 Å². The Kier molecular flexibility index (Phi) is 5.28. The van der Waals surface area contributed by atoms with Crippen molar-refractivity contribution in [2.75, 3.05) is 36.4 Å². The number of piperazine rings is 1. The first kappa shape index (κ1) is 17.8. The first-order chi connectivity index (χ1) is 13.2. The molecule has 1 saturated heterocycles. The number of anilines is 2. The zero-order chi connectivity index (χ0) is 18.6. The second-order valence-corrected chi connectivity index (χ2v) is 7.68. The maximum Gasteiger partial charge on any atom is 0.272 e. The molecule has 2 aliphatic rings. The minimum absolute atomic E-state index is 0.0336. The van der Waals surface area contributed by atoms with E-state index >= 15 is 0 Å². The van der Waals surface area contributed by atoms with E-state index in [-0.39, 0.29) is 5.91 Å². The summed E-state index contributed by atoms with van der Waals surface area (Å²) < 4.78 is 0. The van der Waals surface area contributed by atoms with Crippen molar-refractivity contribution in [3.63, 3.8) is 0 Å². The molecule has 1 aromatic carbocycles. The zero-order valence-corrected chi connectivity index (χ0v) is 16.0. The first-order valence-corrected chi connectivity index (χ1v) is 10.0. The maximum absolute atomic E-state index is 12.8. The smallest absolute Gasteiger partial charge is 0.272 e. The molecule has 4 rings (SSSR count). The maximum atomic E-state index is 12.8. The average Bonchev–Trinajstić information content (AvgIpc) is 3.21. The Morgan fingerprint density at radius 1 is 1.07 bits per heavy atom. The molecule has 2 heterocycles. The van der Waals surface area contributed by atoms with Crippen LogP contribution in [0.5, 0.6) is 0 Å². The van der Waals surface area contributed by atoms with Gasteiger partial charge in [0.2, 0.25) is 0 Å². The molecule has 1 aromatic heterocycles. The lowest BCUT2D eigenvalue weighted by atomic mass is 10.2. The molecule has 2 aromatic rings. The second kappa shape index (κ2) is 7.99. The van der Waals surface area contributed by atoms with Gasteiger partial charge in [-0.3, -0.25) is 4.79 Å². The molecule has 0 spiro atoms. The van der Waals surface area contributed by atoms with Crippen LogP contribution >= 0.6 is 0 Å². The highest BCUT2D eigenvalue weighted by Crippen LogP contribution is 2.22. The summed E-state index contributed by atoms with van der Waals surface area (Å²) in [5.41, 5.74) is 4.06. The Morgan fingerprint density at radius 3 is 2.52 bits per heavy atom. The Labute approximate surface area is 161 Å². The van der Waals surface area contributed by atoms with Crippen LogP contribution in [0.3, 0.4) is 0 Å². The highest BCUT2D eigenvalue weighted by Gasteiger charge is 2.23. The number of carbonyl (C=O) groups is 1. The zero-order valence-electron chi connectivity index (χ0n) is 16.0. The Balaban J connectivity index is 1.33. The lowest BCUT2D eigenvalue weighted by Crippen LogP contribution is -2.49. The highest BCUT2D eigenvalue weighted by molar-refractivity contribution is 5.92. The number of pyridine rings is 1. The molecule has 27 heavy (non-hydrogen) atoms. The molecule has 0 radical (unpaired) electrons. The summed E-state index contributed by atoms with van der Waals surface area (Å²) in [4.78, 5) is 21.5. The van der Waals surface area contributed by atoms with Crippen molar-refractivity contribution in [1.29, 1.82) is 0 Å². The number of rotatable bonds is 4. The highest BCUT2D eigenvalue weighted by atomic mass is 16.2. The number of aryl methyl sites for hydroxylation is 1. The van der Waals surface area contributed by atoms with Gasteiger partial charge in [0, 0.05) is 37.9 Å². The monoisotopic (exact) mass is 364 g/mol. The number of carbonyl (C=O) groups excluding carboxylic acids is 1. The molecule has 1 amide bonds. The molecule has 1 saturated carbocycles. The summed E-state index contributed by atoms with van der Waals surface area (Å²) in [5, 5.41) is 3.52. The van der Waals surface area contributed by atoms with Crippen LogP contribution in [0.4, 0.5) is 11.4 Å². The van der Waals surface area contributed by atoms with Gasteiger partial charge in [-0.2, -0.15) is 0 Å². The van der Waals surface area contributed by atoms with Crippen molar-refractivity contribution in [1.82, 2.24) is 9.88 Å². The van der Waals surface area contributed by atoms with E-state index in [0.29, 0.717) is 11.7 Å². The molecule has 0 atom stereocenters. The third-order valence-electron chi connectivity index (χ3n) is 5.64. The summed E-state index contributed by atoms with van der Waals surface area (Å²) in [7, 11) is 0. The predicted octanol–water partition coefficient (Wildman–Crippen LogP) is 3.71.